The minimum Gasteiger partial charge on any atom is -0.394 e. The predicted molar refractivity (Wildman–Crippen MR) is 103 cm³/mol. The minimum absolute atomic E-state index is 0.0778. The van der Waals surface area contributed by atoms with Crippen LogP contribution in [0, 0.1) is 12.7 Å². The van der Waals surface area contributed by atoms with Crippen LogP contribution in [-0.4, -0.2) is 39.9 Å². The van der Waals surface area contributed by atoms with Gasteiger partial charge in [0.25, 0.3) is 11.5 Å². The lowest BCUT2D eigenvalue weighted by Gasteiger charge is -2.17. The van der Waals surface area contributed by atoms with Crippen molar-refractivity contribution in [2.75, 3.05) is 18.5 Å². The lowest BCUT2D eigenvalue weighted by molar-refractivity contribution is 0.0879. The van der Waals surface area contributed by atoms with E-state index in [1.807, 2.05) is 13.8 Å². The molecule has 0 aliphatic carbocycles. The molecule has 0 fully saturated rings. The molecular formula is C19H26FN3O4. The summed E-state index contributed by atoms with van der Waals surface area (Å²) in [5, 5.41) is 23.4. The predicted octanol–water partition coefficient (Wildman–Crippen LogP) is 1.69. The molecule has 0 spiro atoms. The van der Waals surface area contributed by atoms with Gasteiger partial charge in [0.15, 0.2) is 0 Å². The van der Waals surface area contributed by atoms with Crippen molar-refractivity contribution in [3.8, 4) is 0 Å². The Morgan fingerprint density at radius 1 is 1.19 bits per heavy atom. The highest BCUT2D eigenvalue weighted by Gasteiger charge is 2.18. The molecule has 0 saturated carbocycles. The van der Waals surface area contributed by atoms with Crippen molar-refractivity contribution in [2.24, 2.45) is 7.05 Å². The maximum atomic E-state index is 14.1. The maximum absolute atomic E-state index is 14.1. The summed E-state index contributed by atoms with van der Waals surface area (Å²) >= 11 is 0. The lowest BCUT2D eigenvalue weighted by atomic mass is 10.1. The van der Waals surface area contributed by atoms with Gasteiger partial charge in [0, 0.05) is 19.3 Å². The number of hydrogen-bond donors (Lipinski definition) is 4. The second-order valence-electron chi connectivity index (χ2n) is 5.69. The fourth-order valence-electron chi connectivity index (χ4n) is 2.19. The van der Waals surface area contributed by atoms with Gasteiger partial charge < -0.3 is 25.4 Å². The number of benzene rings is 1. The first-order chi connectivity index (χ1) is 12.8. The molecule has 7 nitrogen and oxygen atoms in total. The first kappa shape index (κ1) is 22.3. The van der Waals surface area contributed by atoms with E-state index >= 15 is 0 Å². The van der Waals surface area contributed by atoms with Gasteiger partial charge in [0.2, 0.25) is 0 Å². The van der Waals surface area contributed by atoms with E-state index in [2.05, 4.69) is 10.6 Å². The molecule has 2 aromatic rings. The Morgan fingerprint density at radius 3 is 2.37 bits per heavy atom. The molecule has 0 saturated heterocycles. The molecule has 0 radical (unpaired) electrons. The Morgan fingerprint density at radius 2 is 1.81 bits per heavy atom. The van der Waals surface area contributed by atoms with Crippen molar-refractivity contribution < 1.29 is 19.4 Å². The van der Waals surface area contributed by atoms with Crippen LogP contribution in [0.2, 0.25) is 0 Å². The number of aliphatic hydroxyl groups excluding tert-OH is 2. The van der Waals surface area contributed by atoms with E-state index in [9.17, 15) is 14.0 Å². The Labute approximate surface area is 157 Å². The number of pyridine rings is 1. The number of hydrogen-bond acceptors (Lipinski definition) is 5. The molecule has 0 unspecified atom stereocenters. The zero-order chi connectivity index (χ0) is 20.6. The number of rotatable bonds is 6. The molecule has 27 heavy (non-hydrogen) atoms. The number of nitrogens with one attached hydrogen (secondary N) is 2. The summed E-state index contributed by atoms with van der Waals surface area (Å²) in [5.41, 5.74) is 0.673. The van der Waals surface area contributed by atoms with Gasteiger partial charge >= 0.3 is 0 Å². The molecule has 0 bridgehead atoms. The summed E-state index contributed by atoms with van der Waals surface area (Å²) < 4.78 is 15.3. The van der Waals surface area contributed by atoms with Crippen molar-refractivity contribution in [1.82, 2.24) is 9.88 Å². The van der Waals surface area contributed by atoms with Crippen molar-refractivity contribution in [1.29, 1.82) is 0 Å². The largest absolute Gasteiger partial charge is 0.394 e. The molecule has 0 atom stereocenters. The van der Waals surface area contributed by atoms with Gasteiger partial charge in [-0.2, -0.15) is 0 Å². The summed E-state index contributed by atoms with van der Waals surface area (Å²) in [4.78, 5) is 24.3. The highest BCUT2D eigenvalue weighted by atomic mass is 19.1. The van der Waals surface area contributed by atoms with Crippen molar-refractivity contribution in [2.45, 2.75) is 26.8 Å². The van der Waals surface area contributed by atoms with Crippen LogP contribution in [0.1, 0.15) is 29.8 Å². The molecule has 148 valence electrons. The first-order valence-electron chi connectivity index (χ1n) is 8.62. The Hall–Kier alpha value is -2.71. The normalized spacial score (nSPS) is 10.2. The average Bonchev–Trinajstić information content (AvgIpc) is 2.66. The highest BCUT2D eigenvalue weighted by Crippen LogP contribution is 2.23. The van der Waals surface area contributed by atoms with E-state index < -0.39 is 31.0 Å². The summed E-state index contributed by atoms with van der Waals surface area (Å²) in [6.45, 7) is 4.86. The topological polar surface area (TPSA) is 104 Å². The molecule has 4 N–H and O–H groups in total. The monoisotopic (exact) mass is 379 g/mol. The SMILES string of the molecule is CC.Cc1ccc(Nc2cc(=O)n(C)cc2C(=O)NC(CO)CO)c(F)c1. The number of carbonyl (C=O) groups is 1. The number of nitrogens with zero attached hydrogens (tertiary/aromatic N) is 1. The van der Waals surface area contributed by atoms with Gasteiger partial charge in [0.1, 0.15) is 5.82 Å². The lowest BCUT2D eigenvalue weighted by Crippen LogP contribution is -2.40. The van der Waals surface area contributed by atoms with Crippen molar-refractivity contribution >= 4 is 17.3 Å². The molecule has 8 heteroatoms. The van der Waals surface area contributed by atoms with E-state index in [0.29, 0.717) is 0 Å². The fraction of sp³-hybridized carbons (Fsp3) is 0.368. The summed E-state index contributed by atoms with van der Waals surface area (Å²) in [5.74, 6) is -1.13. The van der Waals surface area contributed by atoms with Gasteiger partial charge in [-0.1, -0.05) is 19.9 Å². The smallest absolute Gasteiger partial charge is 0.255 e. The second-order valence-corrected chi connectivity index (χ2v) is 5.69. The Balaban J connectivity index is 0.00000176. The van der Waals surface area contributed by atoms with Gasteiger partial charge in [-0.25, -0.2) is 4.39 Å². The summed E-state index contributed by atoms with van der Waals surface area (Å²) in [7, 11) is 1.48. The number of aryl methyl sites for hydroxylation is 2. The van der Waals surface area contributed by atoms with Gasteiger partial charge in [-0.05, 0) is 24.6 Å². The molecular weight excluding hydrogens is 353 g/mol. The molecule has 1 heterocycles. The van der Waals surface area contributed by atoms with Crippen LogP contribution in [0.4, 0.5) is 15.8 Å². The molecule has 0 aliphatic rings. The molecule has 2 rings (SSSR count). The third-order valence-electron chi connectivity index (χ3n) is 3.64. The highest BCUT2D eigenvalue weighted by molar-refractivity contribution is 6.00. The van der Waals surface area contributed by atoms with Crippen LogP contribution in [-0.2, 0) is 7.05 Å². The van der Waals surface area contributed by atoms with E-state index in [0.717, 1.165) is 5.56 Å². The number of amides is 1. The van der Waals surface area contributed by atoms with Gasteiger partial charge in [-0.15, -0.1) is 0 Å². The standard InChI is InChI=1S/C17H20FN3O4.C2H6/c1-10-3-4-14(13(18)5-10)20-15-6-16(24)21(2)7-12(15)17(25)19-11(8-22)9-23;1-2/h3-7,11,20,22-23H,8-9H2,1-2H3,(H,19,25);1-2H3. The Kier molecular flexibility index (Phi) is 8.64. The van der Waals surface area contributed by atoms with Crippen LogP contribution in [0.25, 0.3) is 0 Å². The van der Waals surface area contributed by atoms with Gasteiger partial charge in [-0.3, -0.25) is 9.59 Å². The number of anilines is 2. The molecule has 0 aliphatic heterocycles. The third kappa shape index (κ3) is 5.90. The van der Waals surface area contributed by atoms with E-state index in [-0.39, 0.29) is 22.5 Å². The number of carbonyl (C=O) groups excluding carboxylic acids is 1. The molecule has 1 aromatic carbocycles. The number of aromatic nitrogens is 1. The minimum atomic E-state index is -0.839. The van der Waals surface area contributed by atoms with Crippen molar-refractivity contribution in [3.05, 3.63) is 57.8 Å². The van der Waals surface area contributed by atoms with Crippen LogP contribution >= 0.6 is 0 Å². The van der Waals surface area contributed by atoms with E-state index in [1.165, 1.54) is 36.0 Å². The number of halogens is 1. The van der Waals surface area contributed by atoms with Crippen LogP contribution < -0.4 is 16.2 Å². The Bertz CT molecular complexity index is 832. The maximum Gasteiger partial charge on any atom is 0.255 e. The molecule has 1 aromatic heterocycles. The summed E-state index contributed by atoms with van der Waals surface area (Å²) in [6.07, 6.45) is 1.30. The quantitative estimate of drug-likeness (QED) is 0.612. The fourth-order valence-corrected chi connectivity index (χ4v) is 2.19. The van der Waals surface area contributed by atoms with Crippen LogP contribution in [0.3, 0.4) is 0 Å². The molecule has 1 amide bonds. The van der Waals surface area contributed by atoms with Gasteiger partial charge in [0.05, 0.1) is 36.2 Å². The van der Waals surface area contributed by atoms with E-state index in [4.69, 9.17) is 10.2 Å². The second kappa shape index (κ2) is 10.4. The number of aliphatic hydroxyl groups is 2. The average molecular weight is 379 g/mol. The zero-order valence-corrected chi connectivity index (χ0v) is 15.9. The van der Waals surface area contributed by atoms with Crippen LogP contribution in [0.15, 0.2) is 35.3 Å². The van der Waals surface area contributed by atoms with Crippen molar-refractivity contribution in [3.63, 3.8) is 0 Å². The van der Waals surface area contributed by atoms with Crippen LogP contribution in [0.5, 0.6) is 0 Å². The third-order valence-corrected chi connectivity index (χ3v) is 3.64. The first-order valence-corrected chi connectivity index (χ1v) is 8.62. The summed E-state index contributed by atoms with van der Waals surface area (Å²) in [6, 6.07) is 4.87. The van der Waals surface area contributed by atoms with E-state index in [1.54, 1.807) is 13.0 Å². The zero-order valence-electron chi connectivity index (χ0n) is 15.9.